The Kier molecular flexibility index (Phi) is 7.67. The van der Waals surface area contributed by atoms with Crippen LogP contribution in [-0.2, 0) is 22.5 Å². The van der Waals surface area contributed by atoms with Crippen LogP contribution in [0.2, 0.25) is 0 Å². The van der Waals surface area contributed by atoms with E-state index in [1.165, 1.54) is 6.07 Å². The molecular weight excluding hydrogens is 588 g/mol. The molecule has 1 fully saturated rings. The fraction of sp³-hybridized carbons (Fsp3) is 0.424. The predicted octanol–water partition coefficient (Wildman–Crippen LogP) is 5.24. The van der Waals surface area contributed by atoms with Gasteiger partial charge in [-0.3, -0.25) is 14.5 Å². The number of hydrogen-bond donors (Lipinski definition) is 2. The number of pyridine rings is 3. The average Bonchev–Trinajstić information content (AvgIpc) is 3.55. The number of carbonyl (C=O) groups excluding carboxylic acids is 1. The van der Waals surface area contributed by atoms with Crippen molar-refractivity contribution in [1.82, 2.24) is 29.5 Å². The molecule has 2 atom stereocenters. The van der Waals surface area contributed by atoms with Crippen molar-refractivity contribution >= 4 is 27.6 Å². The zero-order valence-electron chi connectivity index (χ0n) is 26.6. The van der Waals surface area contributed by atoms with E-state index in [0.29, 0.717) is 24.1 Å². The maximum absolute atomic E-state index is 13.7. The van der Waals surface area contributed by atoms with Crippen molar-refractivity contribution in [2.45, 2.75) is 75.9 Å². The molecule has 0 saturated carbocycles. The molecule has 11 nitrogen and oxygen atoms in total. The number of sulfonamides is 1. The second kappa shape index (κ2) is 11.2. The summed E-state index contributed by atoms with van der Waals surface area (Å²) in [4.78, 5) is 30.0. The van der Waals surface area contributed by atoms with E-state index in [-0.39, 0.29) is 27.6 Å². The Balaban J connectivity index is 1.41. The Bertz CT molecular complexity index is 1840. The highest BCUT2D eigenvalue weighted by atomic mass is 32.2. The molecule has 1 saturated heterocycles. The minimum atomic E-state index is -4.29. The van der Waals surface area contributed by atoms with Gasteiger partial charge in [-0.2, -0.15) is 13.5 Å². The summed E-state index contributed by atoms with van der Waals surface area (Å²) in [6.45, 7) is 11.2. The van der Waals surface area contributed by atoms with Crippen LogP contribution in [0, 0.1) is 5.92 Å². The standard InChI is InChI=1S/C33H40N8O3S/c1-32(2,3)27-15-12-23-30(36-27)41-20-21(18-33(41,4)5)10-13-26(25-14-11-22(19-34-25)24-16-17-40(6)38-24)35-28-8-7-9-29(37-28)45(43,44)39-31(23)42/h7-9,11-12,14-17,19,21,26H,10,13,18,20H2,1-6H3,(H,35,37)(H,39,42)/t21-,26?/m0/s1. The van der Waals surface area contributed by atoms with Gasteiger partial charge in [-0.15, -0.1) is 0 Å². The van der Waals surface area contributed by atoms with Crippen LogP contribution in [0.5, 0.6) is 0 Å². The second-order valence-electron chi connectivity index (χ2n) is 13.7. The number of aromatic nitrogens is 5. The number of nitrogens with zero attached hydrogens (tertiary/aromatic N) is 6. The fourth-order valence-electron chi connectivity index (χ4n) is 6.28. The third kappa shape index (κ3) is 6.28. The summed E-state index contributed by atoms with van der Waals surface area (Å²) < 4.78 is 31.0. The Morgan fingerprint density at radius 1 is 1.00 bits per heavy atom. The van der Waals surface area contributed by atoms with E-state index in [0.717, 1.165) is 41.9 Å². The first-order valence-corrected chi connectivity index (χ1v) is 16.7. The average molecular weight is 629 g/mol. The highest BCUT2D eigenvalue weighted by molar-refractivity contribution is 7.90. The van der Waals surface area contributed by atoms with Gasteiger partial charge in [0.25, 0.3) is 15.9 Å². The fourth-order valence-corrected chi connectivity index (χ4v) is 7.22. The van der Waals surface area contributed by atoms with Gasteiger partial charge in [-0.1, -0.05) is 26.8 Å². The van der Waals surface area contributed by atoms with Crippen molar-refractivity contribution in [3.05, 3.63) is 77.9 Å². The van der Waals surface area contributed by atoms with Crippen LogP contribution in [-0.4, -0.2) is 51.1 Å². The quantitative estimate of drug-likeness (QED) is 0.306. The maximum Gasteiger partial charge on any atom is 0.281 e. The zero-order valence-corrected chi connectivity index (χ0v) is 27.4. The van der Waals surface area contributed by atoms with Gasteiger partial charge in [0.2, 0.25) is 0 Å². The number of hydrogen-bond acceptors (Lipinski definition) is 9. The molecule has 4 bridgehead atoms. The number of rotatable bonds is 2. The van der Waals surface area contributed by atoms with Gasteiger partial charge in [-0.25, -0.2) is 14.7 Å². The third-order valence-electron chi connectivity index (χ3n) is 8.67. The highest BCUT2D eigenvalue weighted by Gasteiger charge is 2.41. The maximum atomic E-state index is 13.7. The molecule has 2 aliphatic heterocycles. The Morgan fingerprint density at radius 3 is 2.49 bits per heavy atom. The van der Waals surface area contributed by atoms with Crippen LogP contribution < -0.4 is 14.9 Å². The van der Waals surface area contributed by atoms with Gasteiger partial charge >= 0.3 is 0 Å². The summed E-state index contributed by atoms with van der Waals surface area (Å²) in [6.07, 6.45) is 6.21. The number of aryl methyl sites for hydroxylation is 1. The van der Waals surface area contributed by atoms with E-state index in [9.17, 15) is 13.2 Å². The summed E-state index contributed by atoms with van der Waals surface area (Å²) in [5, 5.41) is 7.67. The summed E-state index contributed by atoms with van der Waals surface area (Å²) in [7, 11) is -2.41. The number of anilines is 2. The molecule has 12 heteroatoms. The number of fused-ring (bicyclic) bond motifs is 6. The molecule has 0 aliphatic carbocycles. The lowest BCUT2D eigenvalue weighted by atomic mass is 9.90. The van der Waals surface area contributed by atoms with Crippen molar-refractivity contribution in [2.24, 2.45) is 13.0 Å². The molecule has 45 heavy (non-hydrogen) atoms. The summed E-state index contributed by atoms with van der Waals surface area (Å²) in [6, 6.07) is 13.9. The van der Waals surface area contributed by atoms with Gasteiger partial charge < -0.3 is 10.2 Å². The Hall–Kier alpha value is -4.32. The molecule has 6 rings (SSSR count). The molecule has 1 amide bonds. The van der Waals surface area contributed by atoms with E-state index >= 15 is 0 Å². The van der Waals surface area contributed by atoms with E-state index in [1.54, 1.807) is 28.9 Å². The molecule has 4 aromatic heterocycles. The van der Waals surface area contributed by atoms with Crippen molar-refractivity contribution in [1.29, 1.82) is 0 Å². The topological polar surface area (TPSA) is 135 Å². The van der Waals surface area contributed by atoms with Crippen molar-refractivity contribution in [3.8, 4) is 11.3 Å². The molecular formula is C33H40N8O3S. The largest absolute Gasteiger partial charge is 0.362 e. The van der Waals surface area contributed by atoms with E-state index < -0.39 is 15.9 Å². The summed E-state index contributed by atoms with van der Waals surface area (Å²) >= 11 is 0. The van der Waals surface area contributed by atoms with Crippen molar-refractivity contribution in [3.63, 3.8) is 0 Å². The van der Waals surface area contributed by atoms with Crippen LogP contribution in [0.25, 0.3) is 11.3 Å². The first-order chi connectivity index (χ1) is 21.2. The molecule has 0 radical (unpaired) electrons. The van der Waals surface area contributed by atoms with Gasteiger partial charge in [0, 0.05) is 48.2 Å². The van der Waals surface area contributed by atoms with E-state index in [1.807, 2.05) is 37.6 Å². The smallest absolute Gasteiger partial charge is 0.281 e. The molecule has 0 aromatic carbocycles. The first-order valence-electron chi connectivity index (χ1n) is 15.3. The summed E-state index contributed by atoms with van der Waals surface area (Å²) in [5.41, 5.74) is 3.04. The lowest BCUT2D eigenvalue weighted by molar-refractivity contribution is 0.0981. The van der Waals surface area contributed by atoms with Crippen LogP contribution in [0.4, 0.5) is 11.6 Å². The molecule has 4 aromatic rings. The molecule has 6 heterocycles. The van der Waals surface area contributed by atoms with Crippen LogP contribution in [0.1, 0.15) is 81.7 Å². The van der Waals surface area contributed by atoms with Gasteiger partial charge in [0.05, 0.1) is 23.0 Å². The lowest BCUT2D eigenvalue weighted by Crippen LogP contribution is -2.41. The predicted molar refractivity (Wildman–Crippen MR) is 173 cm³/mol. The van der Waals surface area contributed by atoms with Crippen LogP contribution in [0.15, 0.2) is 66.0 Å². The number of amides is 1. The third-order valence-corrected chi connectivity index (χ3v) is 9.90. The number of carbonyl (C=O) groups is 1. The van der Waals surface area contributed by atoms with Gasteiger partial charge in [-0.05, 0) is 81.5 Å². The molecule has 1 unspecified atom stereocenters. The zero-order chi connectivity index (χ0) is 32.1. The molecule has 2 aliphatic rings. The van der Waals surface area contributed by atoms with E-state index in [4.69, 9.17) is 9.97 Å². The van der Waals surface area contributed by atoms with Crippen molar-refractivity contribution < 1.29 is 13.2 Å². The Labute approximate surface area is 264 Å². The monoisotopic (exact) mass is 628 g/mol. The first kappa shape index (κ1) is 30.7. The van der Waals surface area contributed by atoms with E-state index in [2.05, 4.69) is 59.6 Å². The minimum absolute atomic E-state index is 0.222. The van der Waals surface area contributed by atoms with Crippen LogP contribution in [0.3, 0.4) is 0 Å². The SMILES string of the molecule is Cn1ccc(-c2ccc(C3CC[C@@H]4CN(c5nc(C(C)(C)C)ccc5C(=O)NS(=O)(=O)c5cccc(n5)N3)C(C)(C)C4)nc2)n1. The van der Waals surface area contributed by atoms with Gasteiger partial charge in [0.1, 0.15) is 11.6 Å². The number of nitrogens with one attached hydrogen (secondary N) is 2. The van der Waals surface area contributed by atoms with Crippen molar-refractivity contribution in [2.75, 3.05) is 16.8 Å². The molecule has 0 spiro atoms. The molecule has 2 N–H and O–H groups in total. The lowest BCUT2D eigenvalue weighted by Gasteiger charge is -2.34. The molecule has 236 valence electrons. The Morgan fingerprint density at radius 2 is 1.80 bits per heavy atom. The highest BCUT2D eigenvalue weighted by Crippen LogP contribution is 2.41. The second-order valence-corrected chi connectivity index (χ2v) is 15.4. The van der Waals surface area contributed by atoms with Crippen LogP contribution >= 0.6 is 0 Å². The normalized spacial score (nSPS) is 21.2. The van der Waals surface area contributed by atoms with Gasteiger partial charge in [0.15, 0.2) is 5.03 Å². The summed E-state index contributed by atoms with van der Waals surface area (Å²) in [5.74, 6) is 0.454. The minimum Gasteiger partial charge on any atom is -0.362 e.